The van der Waals surface area contributed by atoms with Gasteiger partial charge in [-0.05, 0) is 32.0 Å². The van der Waals surface area contributed by atoms with Gasteiger partial charge in [-0.3, -0.25) is 0 Å². The number of carbonyl (C=O) groups excluding carboxylic acids is 1. The SMILES string of the molecule is COc1ccc2c(c1)OC(C)(C)CN(C(=O)Nc1ccc(OC)nc1Cl)C2. The lowest BCUT2D eigenvalue weighted by Crippen LogP contribution is -2.44. The quantitative estimate of drug-likeness (QED) is 0.802. The Morgan fingerprint density at radius 1 is 1.26 bits per heavy atom. The molecule has 1 N–H and O–H groups in total. The Balaban J connectivity index is 1.83. The second kappa shape index (κ2) is 7.52. The molecule has 0 spiro atoms. The van der Waals surface area contributed by atoms with Crippen LogP contribution < -0.4 is 19.5 Å². The topological polar surface area (TPSA) is 72.9 Å². The summed E-state index contributed by atoms with van der Waals surface area (Å²) < 4.78 is 16.4. The Hall–Kier alpha value is -2.67. The molecular formula is C19H22ClN3O4. The van der Waals surface area contributed by atoms with Crippen molar-refractivity contribution in [3.05, 3.63) is 41.0 Å². The molecule has 1 aliphatic rings. The summed E-state index contributed by atoms with van der Waals surface area (Å²) in [5, 5.41) is 2.97. The van der Waals surface area contributed by atoms with E-state index < -0.39 is 5.60 Å². The molecule has 0 bridgehead atoms. The molecule has 1 aromatic heterocycles. The maximum Gasteiger partial charge on any atom is 0.322 e. The van der Waals surface area contributed by atoms with Crippen LogP contribution in [0.5, 0.6) is 17.4 Å². The first-order chi connectivity index (χ1) is 12.8. The first kappa shape index (κ1) is 19.1. The number of nitrogens with one attached hydrogen (secondary N) is 1. The molecule has 27 heavy (non-hydrogen) atoms. The summed E-state index contributed by atoms with van der Waals surface area (Å²) >= 11 is 6.13. The third-order valence-corrected chi connectivity index (χ3v) is 4.44. The van der Waals surface area contributed by atoms with Crippen molar-refractivity contribution in [3.63, 3.8) is 0 Å². The number of urea groups is 1. The third kappa shape index (κ3) is 4.36. The second-order valence-corrected chi connectivity index (χ2v) is 7.17. The fraction of sp³-hybridized carbons (Fsp3) is 0.368. The van der Waals surface area contributed by atoms with Gasteiger partial charge < -0.3 is 24.4 Å². The molecule has 7 nitrogen and oxygen atoms in total. The van der Waals surface area contributed by atoms with Crippen LogP contribution in [-0.2, 0) is 6.54 Å². The molecule has 144 valence electrons. The summed E-state index contributed by atoms with van der Waals surface area (Å²) in [5.41, 5.74) is 0.743. The molecule has 0 unspecified atom stereocenters. The minimum atomic E-state index is -0.573. The first-order valence-corrected chi connectivity index (χ1v) is 8.81. The highest BCUT2D eigenvalue weighted by molar-refractivity contribution is 6.32. The average Bonchev–Trinajstić information content (AvgIpc) is 2.77. The smallest absolute Gasteiger partial charge is 0.322 e. The zero-order chi connectivity index (χ0) is 19.6. The van der Waals surface area contributed by atoms with Gasteiger partial charge in [0.15, 0.2) is 5.15 Å². The lowest BCUT2D eigenvalue weighted by molar-refractivity contribution is 0.0833. The van der Waals surface area contributed by atoms with E-state index in [0.29, 0.717) is 36.2 Å². The maximum atomic E-state index is 12.9. The van der Waals surface area contributed by atoms with Gasteiger partial charge in [-0.15, -0.1) is 0 Å². The molecule has 3 rings (SSSR count). The number of hydrogen-bond acceptors (Lipinski definition) is 5. The summed E-state index contributed by atoms with van der Waals surface area (Å²) in [5.74, 6) is 1.79. The van der Waals surface area contributed by atoms with Gasteiger partial charge in [0.1, 0.15) is 17.1 Å². The number of pyridine rings is 1. The van der Waals surface area contributed by atoms with Crippen LogP contribution in [0, 0.1) is 0 Å². The van der Waals surface area contributed by atoms with Gasteiger partial charge in [-0.2, -0.15) is 4.98 Å². The van der Waals surface area contributed by atoms with Gasteiger partial charge in [0.25, 0.3) is 0 Å². The van der Waals surface area contributed by atoms with Gasteiger partial charge in [-0.25, -0.2) is 4.79 Å². The Morgan fingerprint density at radius 2 is 2.04 bits per heavy atom. The van der Waals surface area contributed by atoms with Gasteiger partial charge in [0.2, 0.25) is 5.88 Å². The molecule has 0 saturated heterocycles. The number of methoxy groups -OCH3 is 2. The van der Waals surface area contributed by atoms with Crippen molar-refractivity contribution in [1.29, 1.82) is 0 Å². The highest BCUT2D eigenvalue weighted by Crippen LogP contribution is 2.33. The fourth-order valence-corrected chi connectivity index (χ4v) is 3.09. The number of rotatable bonds is 3. The number of anilines is 1. The number of benzene rings is 1. The summed E-state index contributed by atoms with van der Waals surface area (Å²) in [6.07, 6.45) is 0. The number of hydrogen-bond donors (Lipinski definition) is 1. The first-order valence-electron chi connectivity index (χ1n) is 8.44. The molecular weight excluding hydrogens is 370 g/mol. The number of nitrogens with zero attached hydrogens (tertiary/aromatic N) is 2. The standard InChI is InChI=1S/C19H22ClN3O4/c1-19(2)11-23(10-12-5-6-13(25-3)9-15(12)27-19)18(24)21-14-7-8-16(26-4)22-17(14)20/h5-9H,10-11H2,1-4H3,(H,21,24). The molecule has 2 aromatic rings. The van der Waals surface area contributed by atoms with E-state index in [2.05, 4.69) is 10.3 Å². The summed E-state index contributed by atoms with van der Waals surface area (Å²) in [6, 6.07) is 8.59. The van der Waals surface area contributed by atoms with E-state index in [0.717, 1.165) is 5.56 Å². The highest BCUT2D eigenvalue weighted by Gasteiger charge is 2.32. The molecule has 1 aromatic carbocycles. The monoisotopic (exact) mass is 391 g/mol. The predicted octanol–water partition coefficient (Wildman–Crippen LogP) is 3.96. The van der Waals surface area contributed by atoms with Gasteiger partial charge in [-0.1, -0.05) is 11.6 Å². The lowest BCUT2D eigenvalue weighted by Gasteiger charge is -2.29. The van der Waals surface area contributed by atoms with Crippen molar-refractivity contribution in [2.75, 3.05) is 26.1 Å². The highest BCUT2D eigenvalue weighted by atomic mass is 35.5. The van der Waals surface area contributed by atoms with Crippen molar-refractivity contribution in [2.24, 2.45) is 0 Å². The van der Waals surface area contributed by atoms with Crippen LogP contribution in [0.4, 0.5) is 10.5 Å². The van der Waals surface area contributed by atoms with Gasteiger partial charge in [0, 0.05) is 17.7 Å². The van der Waals surface area contributed by atoms with Crippen molar-refractivity contribution in [2.45, 2.75) is 26.0 Å². The minimum absolute atomic E-state index is 0.165. The van der Waals surface area contributed by atoms with E-state index >= 15 is 0 Å². The molecule has 2 heterocycles. The van der Waals surface area contributed by atoms with Crippen LogP contribution >= 0.6 is 11.6 Å². The normalized spacial score (nSPS) is 15.2. The van der Waals surface area contributed by atoms with E-state index in [1.54, 1.807) is 24.1 Å². The van der Waals surface area contributed by atoms with Crippen molar-refractivity contribution >= 4 is 23.3 Å². The predicted molar refractivity (Wildman–Crippen MR) is 103 cm³/mol. The third-order valence-electron chi connectivity index (χ3n) is 4.15. The molecule has 1 aliphatic heterocycles. The fourth-order valence-electron chi connectivity index (χ4n) is 2.90. The molecule has 0 saturated carbocycles. The molecule has 8 heteroatoms. The van der Waals surface area contributed by atoms with Crippen LogP contribution in [0.25, 0.3) is 0 Å². The van der Waals surface area contributed by atoms with Crippen molar-refractivity contribution in [3.8, 4) is 17.4 Å². The van der Waals surface area contributed by atoms with E-state index in [1.165, 1.54) is 7.11 Å². The Bertz CT molecular complexity index is 857. The zero-order valence-electron chi connectivity index (χ0n) is 15.7. The van der Waals surface area contributed by atoms with Crippen LogP contribution in [0.15, 0.2) is 30.3 Å². The van der Waals surface area contributed by atoms with Crippen LogP contribution in [0.2, 0.25) is 5.15 Å². The Morgan fingerprint density at radius 3 is 2.70 bits per heavy atom. The van der Waals surface area contributed by atoms with Crippen molar-refractivity contribution < 1.29 is 19.0 Å². The van der Waals surface area contributed by atoms with E-state index in [9.17, 15) is 4.79 Å². The maximum absolute atomic E-state index is 12.9. The second-order valence-electron chi connectivity index (χ2n) is 6.81. The lowest BCUT2D eigenvalue weighted by atomic mass is 10.1. The number of carbonyl (C=O) groups is 1. The van der Waals surface area contributed by atoms with E-state index in [1.807, 2.05) is 32.0 Å². The number of aromatic nitrogens is 1. The summed E-state index contributed by atoms with van der Waals surface area (Å²) in [4.78, 5) is 18.6. The van der Waals surface area contributed by atoms with Crippen LogP contribution in [0.3, 0.4) is 0 Å². The summed E-state index contributed by atoms with van der Waals surface area (Å²) in [7, 11) is 3.11. The van der Waals surface area contributed by atoms with Crippen molar-refractivity contribution in [1.82, 2.24) is 9.88 Å². The largest absolute Gasteiger partial charge is 0.497 e. The van der Waals surface area contributed by atoms with E-state index in [4.69, 9.17) is 25.8 Å². The summed E-state index contributed by atoms with van der Waals surface area (Å²) in [6.45, 7) is 4.67. The van der Waals surface area contributed by atoms with Crippen LogP contribution in [0.1, 0.15) is 19.4 Å². The van der Waals surface area contributed by atoms with Gasteiger partial charge in [0.05, 0.1) is 33.0 Å². The van der Waals surface area contributed by atoms with E-state index in [-0.39, 0.29) is 11.2 Å². The number of amides is 2. The molecule has 2 amide bonds. The molecule has 0 fully saturated rings. The number of halogens is 1. The zero-order valence-corrected chi connectivity index (χ0v) is 16.5. The number of ether oxygens (including phenoxy) is 3. The minimum Gasteiger partial charge on any atom is -0.497 e. The number of fused-ring (bicyclic) bond motifs is 1. The molecule has 0 radical (unpaired) electrons. The Kier molecular flexibility index (Phi) is 5.32. The van der Waals surface area contributed by atoms with Crippen LogP contribution in [-0.4, -0.2) is 42.3 Å². The average molecular weight is 392 g/mol. The van der Waals surface area contributed by atoms with Gasteiger partial charge >= 0.3 is 6.03 Å². The molecule has 0 aliphatic carbocycles. The Labute approximate surface area is 163 Å². The molecule has 0 atom stereocenters.